The number of hydrogen-bond donors (Lipinski definition) is 0. The van der Waals surface area contributed by atoms with Crippen LogP contribution in [0.3, 0.4) is 0 Å². The molecule has 2 heterocycles. The monoisotopic (exact) mass is 663 g/mol. The Morgan fingerprint density at radius 1 is 1.11 bits per heavy atom. The van der Waals surface area contributed by atoms with Crippen LogP contribution in [0.25, 0.3) is 0 Å². The van der Waals surface area contributed by atoms with Crippen LogP contribution >= 0.6 is 11.6 Å². The minimum atomic E-state index is -3.69. The number of anilines is 1. The van der Waals surface area contributed by atoms with E-state index in [0.29, 0.717) is 36.3 Å². The number of likely N-dealkylation sites (tertiary alicyclic amines) is 1. The van der Waals surface area contributed by atoms with Crippen molar-refractivity contribution in [2.24, 2.45) is 11.3 Å². The van der Waals surface area contributed by atoms with Crippen molar-refractivity contribution in [1.29, 1.82) is 0 Å². The third-order valence-electron chi connectivity index (χ3n) is 9.46. The Bertz CT molecular complexity index is 1420. The van der Waals surface area contributed by atoms with E-state index >= 15 is 8.78 Å². The first-order valence-electron chi connectivity index (χ1n) is 15.7. The van der Waals surface area contributed by atoms with Crippen molar-refractivity contribution in [1.82, 2.24) is 9.80 Å². The smallest absolute Gasteiger partial charge is 0.287 e. The number of hydrogen-bond acceptors (Lipinski definition) is 5. The number of methoxy groups -OCH3 is 1. The van der Waals surface area contributed by atoms with E-state index in [2.05, 4.69) is 18.4 Å². The number of rotatable bonds is 11. The Hall–Kier alpha value is -3.24. The van der Waals surface area contributed by atoms with E-state index in [0.717, 1.165) is 50.2 Å². The first-order chi connectivity index (χ1) is 21.6. The molecule has 0 aromatic heterocycles. The first-order valence-corrected chi connectivity index (χ1v) is 16.0. The van der Waals surface area contributed by atoms with E-state index in [1.807, 2.05) is 12.1 Å². The van der Waals surface area contributed by atoms with Crippen molar-refractivity contribution in [3.8, 4) is 5.75 Å². The SMILES string of the molecule is C=CCO[C@@](C(=O)N1CCC(C)(CC2CCN(c3ccc(C(=O)N(C)C)c(Cl)c3)CC2)CC1)(c1cc(F)cc(OC)c1)C(C)(F)F. The predicted octanol–water partition coefficient (Wildman–Crippen LogP) is 7.18. The number of halogens is 4. The number of piperidine rings is 2. The second-order valence-electron chi connectivity index (χ2n) is 13.2. The first kappa shape index (κ1) is 35.6. The molecular weight excluding hydrogens is 619 g/mol. The van der Waals surface area contributed by atoms with Gasteiger partial charge < -0.3 is 24.2 Å². The molecule has 46 heavy (non-hydrogen) atoms. The molecule has 0 unspecified atom stereocenters. The number of benzene rings is 2. The summed E-state index contributed by atoms with van der Waals surface area (Å²) < 4.78 is 56.4. The summed E-state index contributed by atoms with van der Waals surface area (Å²) in [6.07, 6.45) is 5.51. The zero-order valence-electron chi connectivity index (χ0n) is 27.4. The van der Waals surface area contributed by atoms with E-state index in [1.165, 1.54) is 29.1 Å². The van der Waals surface area contributed by atoms with Crippen LogP contribution < -0.4 is 9.64 Å². The molecule has 1 atom stereocenters. The van der Waals surface area contributed by atoms with Gasteiger partial charge in [-0.3, -0.25) is 9.59 Å². The van der Waals surface area contributed by atoms with Crippen LogP contribution in [-0.4, -0.2) is 81.5 Å². The molecule has 2 saturated heterocycles. The number of carbonyl (C=O) groups excluding carboxylic acids is 2. The van der Waals surface area contributed by atoms with Crippen molar-refractivity contribution < 1.29 is 32.2 Å². The van der Waals surface area contributed by atoms with Gasteiger partial charge in [0.1, 0.15) is 11.6 Å². The second kappa shape index (κ2) is 14.3. The van der Waals surface area contributed by atoms with Gasteiger partial charge in [0.25, 0.3) is 17.7 Å². The van der Waals surface area contributed by atoms with Crippen molar-refractivity contribution in [3.63, 3.8) is 0 Å². The van der Waals surface area contributed by atoms with E-state index in [9.17, 15) is 14.0 Å². The summed E-state index contributed by atoms with van der Waals surface area (Å²) in [5.74, 6) is -5.05. The van der Waals surface area contributed by atoms with Gasteiger partial charge >= 0.3 is 0 Å². The standard InChI is InChI=1S/C35H45ClF3N3O4/c1-7-18-46-35(34(3,38)39,25-19-26(37)21-28(20-25)45-6)32(44)42-16-12-33(2,13-17-42)23-24-10-14-41(15-11-24)27-8-9-29(30(36)22-27)31(43)40(4)5/h7-9,19-22,24H,1,10-18,23H2,2-6H3/t35-/m1/s1. The van der Waals surface area contributed by atoms with Crippen LogP contribution in [0, 0.1) is 17.2 Å². The van der Waals surface area contributed by atoms with E-state index in [1.54, 1.807) is 20.2 Å². The molecule has 2 fully saturated rings. The molecule has 0 saturated carbocycles. The molecule has 7 nitrogen and oxygen atoms in total. The van der Waals surface area contributed by atoms with Crippen LogP contribution in [0.1, 0.15) is 61.9 Å². The van der Waals surface area contributed by atoms with Gasteiger partial charge in [0.15, 0.2) is 0 Å². The number of carbonyl (C=O) groups is 2. The molecule has 2 aromatic carbocycles. The van der Waals surface area contributed by atoms with Crippen molar-refractivity contribution >= 4 is 29.1 Å². The average Bonchev–Trinajstić information content (AvgIpc) is 3.00. The van der Waals surface area contributed by atoms with Gasteiger partial charge in [-0.15, -0.1) is 6.58 Å². The summed E-state index contributed by atoms with van der Waals surface area (Å²) in [4.78, 5) is 31.6. The van der Waals surface area contributed by atoms with Gasteiger partial charge in [-0.1, -0.05) is 24.6 Å². The Balaban J connectivity index is 1.42. The fraction of sp³-hybridized carbons (Fsp3) is 0.543. The maximum atomic E-state index is 15.5. The maximum absolute atomic E-state index is 15.5. The van der Waals surface area contributed by atoms with Crippen LogP contribution in [0.15, 0.2) is 49.1 Å². The summed E-state index contributed by atoms with van der Waals surface area (Å²) in [6, 6.07) is 8.77. The topological polar surface area (TPSA) is 62.3 Å². The lowest BCUT2D eigenvalue weighted by Crippen LogP contribution is -2.59. The highest BCUT2D eigenvalue weighted by Crippen LogP contribution is 2.46. The largest absolute Gasteiger partial charge is 0.497 e. The van der Waals surface area contributed by atoms with Crippen LogP contribution in [0.5, 0.6) is 5.75 Å². The molecule has 4 rings (SSSR count). The van der Waals surface area contributed by atoms with Crippen LogP contribution in [0.2, 0.25) is 5.02 Å². The molecule has 0 radical (unpaired) electrons. The lowest BCUT2D eigenvalue weighted by molar-refractivity contribution is -0.215. The average molecular weight is 664 g/mol. The second-order valence-corrected chi connectivity index (χ2v) is 13.6. The summed E-state index contributed by atoms with van der Waals surface area (Å²) in [7, 11) is 4.69. The maximum Gasteiger partial charge on any atom is 0.287 e. The molecule has 0 N–H and O–H groups in total. The van der Waals surface area contributed by atoms with Gasteiger partial charge in [-0.2, -0.15) is 0 Å². The predicted molar refractivity (Wildman–Crippen MR) is 174 cm³/mol. The minimum absolute atomic E-state index is 0.00966. The summed E-state index contributed by atoms with van der Waals surface area (Å²) in [5, 5.41) is 0.434. The fourth-order valence-electron chi connectivity index (χ4n) is 6.79. The minimum Gasteiger partial charge on any atom is -0.497 e. The highest BCUT2D eigenvalue weighted by molar-refractivity contribution is 6.34. The van der Waals surface area contributed by atoms with Gasteiger partial charge in [0, 0.05) is 64.5 Å². The fourth-order valence-corrected chi connectivity index (χ4v) is 7.04. The Labute approximate surface area is 275 Å². The molecule has 2 aliphatic heterocycles. The normalized spacial score (nSPS) is 18.5. The molecular formula is C35H45ClF3N3O4. The van der Waals surface area contributed by atoms with E-state index in [-0.39, 0.29) is 42.3 Å². The third-order valence-corrected chi connectivity index (χ3v) is 9.77. The molecule has 0 bridgehead atoms. The summed E-state index contributed by atoms with van der Waals surface area (Å²) in [6.45, 7) is 8.34. The van der Waals surface area contributed by atoms with E-state index in [4.69, 9.17) is 21.1 Å². The molecule has 11 heteroatoms. The Morgan fingerprint density at radius 2 is 1.76 bits per heavy atom. The Kier molecular flexibility index (Phi) is 11.0. The highest BCUT2D eigenvalue weighted by Gasteiger charge is 2.60. The summed E-state index contributed by atoms with van der Waals surface area (Å²) in [5.41, 5.74) is -1.65. The molecule has 2 aromatic rings. The zero-order valence-corrected chi connectivity index (χ0v) is 28.1. The van der Waals surface area contributed by atoms with Crippen LogP contribution in [-0.2, 0) is 15.1 Å². The van der Waals surface area contributed by atoms with Gasteiger partial charge in [0.05, 0.1) is 24.3 Å². The molecule has 0 spiro atoms. The zero-order chi connectivity index (χ0) is 33.9. The van der Waals surface area contributed by atoms with Gasteiger partial charge in [0.2, 0.25) is 5.60 Å². The number of nitrogens with zero attached hydrogens (tertiary/aromatic N) is 3. The third kappa shape index (κ3) is 7.49. The van der Waals surface area contributed by atoms with Crippen molar-refractivity contribution in [2.75, 3.05) is 58.9 Å². The van der Waals surface area contributed by atoms with Gasteiger partial charge in [-0.25, -0.2) is 13.2 Å². The number of amides is 2. The summed E-state index contributed by atoms with van der Waals surface area (Å²) >= 11 is 6.45. The quantitative estimate of drug-likeness (QED) is 0.239. The van der Waals surface area contributed by atoms with Crippen LogP contribution in [0.4, 0.5) is 18.9 Å². The van der Waals surface area contributed by atoms with Crippen molar-refractivity contribution in [2.45, 2.75) is 57.5 Å². The number of ether oxygens (including phenoxy) is 2. The highest BCUT2D eigenvalue weighted by atomic mass is 35.5. The molecule has 2 amide bonds. The number of alkyl halides is 2. The molecule has 2 aliphatic rings. The van der Waals surface area contributed by atoms with E-state index < -0.39 is 23.2 Å². The molecule has 0 aliphatic carbocycles. The lowest BCUT2D eigenvalue weighted by atomic mass is 9.71. The van der Waals surface area contributed by atoms with Crippen molar-refractivity contribution in [3.05, 3.63) is 71.0 Å². The lowest BCUT2D eigenvalue weighted by Gasteiger charge is -2.46. The van der Waals surface area contributed by atoms with Gasteiger partial charge in [-0.05, 0) is 73.8 Å². The molecule has 252 valence electrons. The Morgan fingerprint density at radius 3 is 2.30 bits per heavy atom.